The van der Waals surface area contributed by atoms with Gasteiger partial charge >= 0.3 is 0 Å². The highest BCUT2D eigenvalue weighted by Crippen LogP contribution is 2.46. The fourth-order valence-corrected chi connectivity index (χ4v) is 3.76. The van der Waals surface area contributed by atoms with E-state index < -0.39 is 0 Å². The monoisotopic (exact) mass is 312 g/mol. The fraction of sp³-hybridized carbons (Fsp3) is 1.00. The summed E-state index contributed by atoms with van der Waals surface area (Å²) in [5, 5.41) is 0. The number of rotatable bonds is 11. The second-order valence-electron chi connectivity index (χ2n) is 7.24. The summed E-state index contributed by atoms with van der Waals surface area (Å²) in [6, 6.07) is 0. The van der Waals surface area contributed by atoms with Crippen molar-refractivity contribution in [1.29, 1.82) is 0 Å². The molecule has 1 spiro atoms. The molecule has 0 aromatic rings. The lowest BCUT2D eigenvalue weighted by atomic mass is 9.83. The molecular weight excluding hydrogens is 276 g/mol. The van der Waals surface area contributed by atoms with Crippen LogP contribution in [0.1, 0.15) is 78.6 Å². The summed E-state index contributed by atoms with van der Waals surface area (Å²) >= 11 is 0. The molecule has 2 aliphatic rings. The molecule has 0 aromatic carbocycles. The van der Waals surface area contributed by atoms with Gasteiger partial charge in [0.1, 0.15) is 5.60 Å². The Balaban J connectivity index is 1.70. The lowest BCUT2D eigenvalue weighted by Crippen LogP contribution is -2.53. The lowest BCUT2D eigenvalue weighted by Gasteiger charge is -2.40. The van der Waals surface area contributed by atoms with Crippen LogP contribution in [0.25, 0.3) is 0 Å². The topological polar surface area (TPSA) is 31.0 Å². The second-order valence-corrected chi connectivity index (χ2v) is 7.24. The summed E-state index contributed by atoms with van der Waals surface area (Å²) in [5.74, 6) is 0.444. The first kappa shape index (κ1) is 18.2. The zero-order valence-electron chi connectivity index (χ0n) is 14.9. The van der Waals surface area contributed by atoms with Gasteiger partial charge in [-0.1, -0.05) is 65.7 Å². The molecule has 4 atom stereocenters. The highest BCUT2D eigenvalue weighted by Gasteiger charge is 2.62. The van der Waals surface area contributed by atoms with Crippen LogP contribution < -0.4 is 0 Å². The van der Waals surface area contributed by atoms with Crippen LogP contribution in [-0.2, 0) is 14.2 Å². The standard InChI is InChI=1S/C19H36O3/c1-4-6-7-8-9-10-11-12-17-19(15-22-19)18(20-13-5-2)16(3)14-21-17/h16-18H,4-15H2,1-3H3/t16-,17-,18-,19+/m0/s1. The van der Waals surface area contributed by atoms with E-state index in [4.69, 9.17) is 14.2 Å². The maximum Gasteiger partial charge on any atom is 0.144 e. The van der Waals surface area contributed by atoms with E-state index in [9.17, 15) is 0 Å². The molecule has 2 fully saturated rings. The van der Waals surface area contributed by atoms with Crippen LogP contribution in [0.4, 0.5) is 0 Å². The zero-order chi connectivity index (χ0) is 15.8. The highest BCUT2D eigenvalue weighted by atomic mass is 16.7. The minimum atomic E-state index is -0.116. The van der Waals surface area contributed by atoms with Crippen LogP contribution >= 0.6 is 0 Å². The predicted octanol–water partition coefficient (Wildman–Crippen LogP) is 4.73. The summed E-state index contributed by atoms with van der Waals surface area (Å²) in [7, 11) is 0. The quantitative estimate of drug-likeness (QED) is 0.408. The Kier molecular flexibility index (Phi) is 7.66. The molecule has 22 heavy (non-hydrogen) atoms. The van der Waals surface area contributed by atoms with Crippen LogP contribution in [0.15, 0.2) is 0 Å². The number of unbranched alkanes of at least 4 members (excludes halogenated alkanes) is 6. The maximum atomic E-state index is 6.12. The summed E-state index contributed by atoms with van der Waals surface area (Å²) in [5.41, 5.74) is -0.116. The van der Waals surface area contributed by atoms with E-state index in [-0.39, 0.29) is 17.8 Å². The van der Waals surface area contributed by atoms with Crippen molar-refractivity contribution in [2.75, 3.05) is 19.8 Å². The molecule has 0 aromatic heterocycles. The van der Waals surface area contributed by atoms with Gasteiger partial charge in [0.05, 0.1) is 25.4 Å². The van der Waals surface area contributed by atoms with Gasteiger partial charge in [-0.3, -0.25) is 0 Å². The Morgan fingerprint density at radius 3 is 2.32 bits per heavy atom. The van der Waals surface area contributed by atoms with Crippen molar-refractivity contribution in [3.05, 3.63) is 0 Å². The SMILES string of the molecule is CCCCCCCCC[C@@H]1OC[C@H](C)[C@H](OCCC)[C@@]12CO2. The van der Waals surface area contributed by atoms with Crippen molar-refractivity contribution >= 4 is 0 Å². The average molecular weight is 312 g/mol. The maximum absolute atomic E-state index is 6.12. The van der Waals surface area contributed by atoms with E-state index >= 15 is 0 Å². The molecule has 0 aliphatic carbocycles. The first-order valence-electron chi connectivity index (χ1n) is 9.61. The lowest BCUT2D eigenvalue weighted by molar-refractivity contribution is -0.159. The third-order valence-electron chi connectivity index (χ3n) is 5.15. The Bertz CT molecular complexity index is 301. The average Bonchev–Trinajstić information content (AvgIpc) is 3.29. The minimum Gasteiger partial charge on any atom is -0.375 e. The van der Waals surface area contributed by atoms with Crippen LogP contribution in [0.2, 0.25) is 0 Å². The molecule has 2 saturated heterocycles. The van der Waals surface area contributed by atoms with Gasteiger partial charge in [-0.05, 0) is 12.8 Å². The number of epoxide rings is 1. The summed E-state index contributed by atoms with van der Waals surface area (Å²) in [6.45, 7) is 9.15. The van der Waals surface area contributed by atoms with Crippen molar-refractivity contribution in [3.8, 4) is 0 Å². The normalized spacial score (nSPS) is 34.2. The Hall–Kier alpha value is -0.120. The van der Waals surface area contributed by atoms with Crippen LogP contribution in [-0.4, -0.2) is 37.6 Å². The number of hydrogen-bond acceptors (Lipinski definition) is 3. The number of ether oxygens (including phenoxy) is 3. The molecule has 0 unspecified atom stereocenters. The molecule has 130 valence electrons. The molecule has 2 rings (SSSR count). The minimum absolute atomic E-state index is 0.116. The first-order valence-corrected chi connectivity index (χ1v) is 9.61. The third kappa shape index (κ3) is 4.69. The van der Waals surface area contributed by atoms with Gasteiger partial charge in [0, 0.05) is 12.5 Å². The van der Waals surface area contributed by atoms with Crippen LogP contribution in [0.5, 0.6) is 0 Å². The Labute approximate surface area is 137 Å². The summed E-state index contributed by atoms with van der Waals surface area (Å²) in [6.07, 6.45) is 12.1. The molecule has 2 heterocycles. The van der Waals surface area contributed by atoms with Crippen molar-refractivity contribution in [3.63, 3.8) is 0 Å². The smallest absolute Gasteiger partial charge is 0.144 e. The van der Waals surface area contributed by atoms with Crippen LogP contribution in [0, 0.1) is 5.92 Å². The van der Waals surface area contributed by atoms with E-state index in [1.165, 1.54) is 44.9 Å². The summed E-state index contributed by atoms with van der Waals surface area (Å²) < 4.78 is 18.1. The highest BCUT2D eigenvalue weighted by molar-refractivity contribution is 5.09. The molecule has 0 amide bonds. The molecule has 2 aliphatic heterocycles. The molecule has 0 saturated carbocycles. The second kappa shape index (κ2) is 9.24. The molecule has 3 heteroatoms. The third-order valence-corrected chi connectivity index (χ3v) is 5.15. The Morgan fingerprint density at radius 2 is 1.68 bits per heavy atom. The van der Waals surface area contributed by atoms with Crippen molar-refractivity contribution in [1.82, 2.24) is 0 Å². The number of hydrogen-bond donors (Lipinski definition) is 0. The van der Waals surface area contributed by atoms with Crippen LogP contribution in [0.3, 0.4) is 0 Å². The first-order chi connectivity index (χ1) is 10.7. The summed E-state index contributed by atoms with van der Waals surface area (Å²) in [4.78, 5) is 0. The van der Waals surface area contributed by atoms with E-state index in [1.807, 2.05) is 0 Å². The van der Waals surface area contributed by atoms with E-state index in [2.05, 4.69) is 20.8 Å². The van der Waals surface area contributed by atoms with Gasteiger partial charge in [-0.2, -0.15) is 0 Å². The van der Waals surface area contributed by atoms with Gasteiger partial charge < -0.3 is 14.2 Å². The van der Waals surface area contributed by atoms with E-state index in [1.54, 1.807) is 0 Å². The van der Waals surface area contributed by atoms with E-state index in [0.29, 0.717) is 5.92 Å². The van der Waals surface area contributed by atoms with Gasteiger partial charge in [-0.25, -0.2) is 0 Å². The zero-order valence-corrected chi connectivity index (χ0v) is 14.9. The molecular formula is C19H36O3. The van der Waals surface area contributed by atoms with Gasteiger partial charge in [0.25, 0.3) is 0 Å². The predicted molar refractivity (Wildman–Crippen MR) is 90.2 cm³/mol. The van der Waals surface area contributed by atoms with Crippen molar-refractivity contribution in [2.45, 2.75) is 96.4 Å². The van der Waals surface area contributed by atoms with Crippen molar-refractivity contribution in [2.24, 2.45) is 5.92 Å². The molecule has 3 nitrogen and oxygen atoms in total. The molecule has 0 N–H and O–H groups in total. The largest absolute Gasteiger partial charge is 0.375 e. The fourth-order valence-electron chi connectivity index (χ4n) is 3.76. The van der Waals surface area contributed by atoms with Gasteiger partial charge in [-0.15, -0.1) is 0 Å². The molecule has 0 bridgehead atoms. The van der Waals surface area contributed by atoms with E-state index in [0.717, 1.165) is 32.7 Å². The Morgan fingerprint density at radius 1 is 1.00 bits per heavy atom. The van der Waals surface area contributed by atoms with Crippen molar-refractivity contribution < 1.29 is 14.2 Å². The molecule has 0 radical (unpaired) electrons. The van der Waals surface area contributed by atoms with Gasteiger partial charge in [0.2, 0.25) is 0 Å². The van der Waals surface area contributed by atoms with Gasteiger partial charge in [0.15, 0.2) is 0 Å².